The van der Waals surface area contributed by atoms with E-state index in [9.17, 15) is 13.2 Å². The van der Waals surface area contributed by atoms with E-state index >= 15 is 0 Å². The van der Waals surface area contributed by atoms with Gasteiger partial charge in [0.15, 0.2) is 0 Å². The summed E-state index contributed by atoms with van der Waals surface area (Å²) in [6.45, 7) is 3.04. The molecule has 1 aromatic carbocycles. The molecule has 27 heavy (non-hydrogen) atoms. The van der Waals surface area contributed by atoms with Crippen LogP contribution < -0.4 is 15.4 Å². The van der Waals surface area contributed by atoms with E-state index in [1.807, 2.05) is 0 Å². The highest BCUT2D eigenvalue weighted by molar-refractivity contribution is 7.89. The van der Waals surface area contributed by atoms with E-state index in [1.54, 1.807) is 12.1 Å². The molecule has 2 saturated heterocycles. The molecule has 1 amide bonds. The van der Waals surface area contributed by atoms with Crippen LogP contribution in [0.15, 0.2) is 23.1 Å². The van der Waals surface area contributed by atoms with Crippen LogP contribution in [0, 0.1) is 0 Å². The van der Waals surface area contributed by atoms with Gasteiger partial charge in [0, 0.05) is 25.7 Å². The van der Waals surface area contributed by atoms with E-state index < -0.39 is 10.0 Å². The summed E-state index contributed by atoms with van der Waals surface area (Å²) in [6, 6.07) is 5.00. The zero-order chi connectivity index (χ0) is 18.6. The normalized spacial score (nSPS) is 20.7. The highest BCUT2D eigenvalue weighted by atomic mass is 35.5. The number of rotatable bonds is 6. The zero-order valence-corrected chi connectivity index (χ0v) is 16.9. The molecule has 1 unspecified atom stereocenters. The Bertz CT molecular complexity index is 747. The van der Waals surface area contributed by atoms with Gasteiger partial charge in [-0.3, -0.25) is 4.79 Å². The Hall–Kier alpha value is -1.39. The molecule has 0 aliphatic carbocycles. The standard InChI is InChI=1S/C17H25N3O5S.ClH/c1-24-15-3-2-13(11-17(21)19-14-4-5-18-12-14)10-16(15)26(22,23)20-6-8-25-9-7-20;/h2-3,10,14,18H,4-9,11-12H2,1H3,(H,19,21);1H. The number of sulfonamides is 1. The molecule has 152 valence electrons. The number of amides is 1. The average molecular weight is 420 g/mol. The molecule has 2 heterocycles. The SMILES string of the molecule is COc1ccc(CC(=O)NC2CCNC2)cc1S(=O)(=O)N1CCOCC1.Cl. The number of ether oxygens (including phenoxy) is 2. The van der Waals surface area contributed by atoms with Gasteiger partial charge in [-0.15, -0.1) is 12.4 Å². The first-order valence-electron chi connectivity index (χ1n) is 8.75. The number of morpholine rings is 1. The van der Waals surface area contributed by atoms with Crippen LogP contribution in [0.3, 0.4) is 0 Å². The predicted octanol–water partition coefficient (Wildman–Crippen LogP) is 0.159. The van der Waals surface area contributed by atoms with E-state index in [2.05, 4.69) is 10.6 Å². The summed E-state index contributed by atoms with van der Waals surface area (Å²) >= 11 is 0. The minimum absolute atomic E-state index is 0. The summed E-state index contributed by atoms with van der Waals surface area (Å²) in [5.41, 5.74) is 0.640. The third-order valence-electron chi connectivity index (χ3n) is 4.61. The Morgan fingerprint density at radius 3 is 2.74 bits per heavy atom. The van der Waals surface area contributed by atoms with Crippen LogP contribution in [0.25, 0.3) is 0 Å². The van der Waals surface area contributed by atoms with Crippen molar-refractivity contribution in [3.05, 3.63) is 23.8 Å². The van der Waals surface area contributed by atoms with Crippen molar-refractivity contribution < 1.29 is 22.7 Å². The molecule has 2 N–H and O–H groups in total. The van der Waals surface area contributed by atoms with Crippen LogP contribution in [-0.2, 0) is 26.0 Å². The molecule has 0 bridgehead atoms. The first-order chi connectivity index (χ1) is 12.5. The fourth-order valence-electron chi connectivity index (χ4n) is 3.20. The Balaban J connectivity index is 0.00000261. The quantitative estimate of drug-likeness (QED) is 0.681. The van der Waals surface area contributed by atoms with Crippen LogP contribution in [0.1, 0.15) is 12.0 Å². The summed E-state index contributed by atoms with van der Waals surface area (Å²) in [4.78, 5) is 12.3. The Morgan fingerprint density at radius 2 is 2.11 bits per heavy atom. The predicted molar refractivity (Wildman–Crippen MR) is 103 cm³/mol. The number of hydrogen-bond acceptors (Lipinski definition) is 6. The Kier molecular flexibility index (Phi) is 7.87. The smallest absolute Gasteiger partial charge is 0.246 e. The molecule has 2 fully saturated rings. The summed E-state index contributed by atoms with van der Waals surface area (Å²) in [6.07, 6.45) is 1.04. The molecule has 2 aliphatic rings. The molecule has 0 aromatic heterocycles. The number of hydrogen-bond donors (Lipinski definition) is 2. The summed E-state index contributed by atoms with van der Waals surface area (Å²) < 4.78 is 37.8. The summed E-state index contributed by atoms with van der Waals surface area (Å²) in [5.74, 6) is 0.166. The maximum atomic E-state index is 13.0. The molecule has 10 heteroatoms. The zero-order valence-electron chi connectivity index (χ0n) is 15.3. The molecular formula is C17H26ClN3O5S. The van der Waals surface area contributed by atoms with Gasteiger partial charge in [0.25, 0.3) is 0 Å². The lowest BCUT2D eigenvalue weighted by Gasteiger charge is -2.26. The van der Waals surface area contributed by atoms with Gasteiger partial charge >= 0.3 is 0 Å². The van der Waals surface area contributed by atoms with Gasteiger partial charge in [0.1, 0.15) is 10.6 Å². The number of halogens is 1. The van der Waals surface area contributed by atoms with Crippen LogP contribution >= 0.6 is 12.4 Å². The van der Waals surface area contributed by atoms with E-state index in [-0.39, 0.29) is 41.4 Å². The molecule has 0 radical (unpaired) electrons. The molecule has 0 saturated carbocycles. The number of carbonyl (C=O) groups is 1. The van der Waals surface area contributed by atoms with Crippen molar-refractivity contribution in [3.8, 4) is 5.75 Å². The maximum Gasteiger partial charge on any atom is 0.246 e. The molecule has 0 spiro atoms. The number of carbonyl (C=O) groups excluding carboxylic acids is 1. The minimum atomic E-state index is -3.70. The fraction of sp³-hybridized carbons (Fsp3) is 0.588. The van der Waals surface area contributed by atoms with Crippen molar-refractivity contribution in [2.45, 2.75) is 23.8 Å². The lowest BCUT2D eigenvalue weighted by molar-refractivity contribution is -0.121. The van der Waals surface area contributed by atoms with Gasteiger partial charge in [-0.25, -0.2) is 8.42 Å². The Labute approximate surface area is 166 Å². The van der Waals surface area contributed by atoms with Gasteiger partial charge in [0.05, 0.1) is 26.7 Å². The topological polar surface area (TPSA) is 97.0 Å². The van der Waals surface area contributed by atoms with Crippen molar-refractivity contribution in [2.75, 3.05) is 46.5 Å². The molecular weight excluding hydrogens is 394 g/mol. The summed E-state index contributed by atoms with van der Waals surface area (Å²) in [7, 11) is -2.26. The van der Waals surface area contributed by atoms with E-state index in [4.69, 9.17) is 9.47 Å². The number of nitrogens with zero attached hydrogens (tertiary/aromatic N) is 1. The fourth-order valence-corrected chi connectivity index (χ4v) is 4.81. The van der Waals surface area contributed by atoms with Crippen LogP contribution in [0.5, 0.6) is 5.75 Å². The average Bonchev–Trinajstić information content (AvgIpc) is 3.15. The van der Waals surface area contributed by atoms with Crippen LogP contribution in [0.4, 0.5) is 0 Å². The second-order valence-corrected chi connectivity index (χ2v) is 8.34. The van der Waals surface area contributed by atoms with Gasteiger partial charge in [-0.1, -0.05) is 6.07 Å². The second kappa shape index (κ2) is 9.70. The van der Waals surface area contributed by atoms with E-state index in [0.717, 1.165) is 19.5 Å². The first-order valence-corrected chi connectivity index (χ1v) is 10.2. The minimum Gasteiger partial charge on any atom is -0.495 e. The third kappa shape index (κ3) is 5.32. The van der Waals surface area contributed by atoms with Crippen molar-refractivity contribution in [3.63, 3.8) is 0 Å². The number of benzene rings is 1. The lowest BCUT2D eigenvalue weighted by atomic mass is 10.1. The van der Waals surface area contributed by atoms with E-state index in [0.29, 0.717) is 31.9 Å². The first kappa shape index (κ1) is 21.9. The van der Waals surface area contributed by atoms with Crippen molar-refractivity contribution in [2.24, 2.45) is 0 Å². The van der Waals surface area contributed by atoms with Gasteiger partial charge in [-0.2, -0.15) is 4.31 Å². The van der Waals surface area contributed by atoms with Gasteiger partial charge < -0.3 is 20.1 Å². The monoisotopic (exact) mass is 419 g/mol. The van der Waals surface area contributed by atoms with Gasteiger partial charge in [-0.05, 0) is 30.7 Å². The summed E-state index contributed by atoms with van der Waals surface area (Å²) in [5, 5.41) is 6.16. The third-order valence-corrected chi connectivity index (χ3v) is 6.53. The highest BCUT2D eigenvalue weighted by Crippen LogP contribution is 2.28. The van der Waals surface area contributed by atoms with Crippen LogP contribution in [0.2, 0.25) is 0 Å². The van der Waals surface area contributed by atoms with Crippen LogP contribution in [-0.4, -0.2) is 71.2 Å². The van der Waals surface area contributed by atoms with Gasteiger partial charge in [0.2, 0.25) is 15.9 Å². The van der Waals surface area contributed by atoms with E-state index in [1.165, 1.54) is 17.5 Å². The second-order valence-electron chi connectivity index (χ2n) is 6.44. The molecule has 1 atom stereocenters. The van der Waals surface area contributed by atoms with Crippen molar-refractivity contribution >= 4 is 28.3 Å². The number of methoxy groups -OCH3 is 1. The lowest BCUT2D eigenvalue weighted by Crippen LogP contribution is -2.40. The van der Waals surface area contributed by atoms with Crippen molar-refractivity contribution in [1.82, 2.24) is 14.9 Å². The molecule has 3 rings (SSSR count). The highest BCUT2D eigenvalue weighted by Gasteiger charge is 2.29. The van der Waals surface area contributed by atoms with Crippen molar-refractivity contribution in [1.29, 1.82) is 0 Å². The molecule has 2 aliphatic heterocycles. The molecule has 8 nitrogen and oxygen atoms in total. The maximum absolute atomic E-state index is 13.0. The molecule has 1 aromatic rings. The largest absolute Gasteiger partial charge is 0.495 e. The Morgan fingerprint density at radius 1 is 1.37 bits per heavy atom. The number of nitrogens with one attached hydrogen (secondary N) is 2.